The van der Waals surface area contributed by atoms with Crippen LogP contribution in [0, 0.1) is 0 Å². The van der Waals surface area contributed by atoms with Gasteiger partial charge in [0.1, 0.15) is 6.29 Å². The molecule has 0 saturated carbocycles. The summed E-state index contributed by atoms with van der Waals surface area (Å²) in [4.78, 5) is 46.6. The maximum absolute atomic E-state index is 12.7. The summed E-state index contributed by atoms with van der Waals surface area (Å²) in [6.07, 6.45) is 17.2. The molecule has 7 nitrogen and oxygen atoms in total. The average molecular weight is 504 g/mol. The predicted molar refractivity (Wildman–Crippen MR) is 141 cm³/mol. The fourth-order valence-corrected chi connectivity index (χ4v) is 4.28. The Balaban J connectivity index is 2.08. The van der Waals surface area contributed by atoms with Crippen molar-refractivity contribution in [3.05, 3.63) is 35.4 Å². The van der Waals surface area contributed by atoms with Crippen molar-refractivity contribution in [2.45, 2.75) is 116 Å². The molecule has 7 heteroatoms. The van der Waals surface area contributed by atoms with E-state index in [-0.39, 0.29) is 18.9 Å². The van der Waals surface area contributed by atoms with E-state index in [0.717, 1.165) is 50.4 Å². The molecule has 202 valence electrons. The van der Waals surface area contributed by atoms with Crippen LogP contribution < -0.4 is 0 Å². The van der Waals surface area contributed by atoms with Gasteiger partial charge in [0.25, 0.3) is 0 Å². The van der Waals surface area contributed by atoms with Gasteiger partial charge in [0, 0.05) is 31.5 Å². The van der Waals surface area contributed by atoms with Crippen molar-refractivity contribution in [2.75, 3.05) is 6.54 Å². The summed E-state index contributed by atoms with van der Waals surface area (Å²) >= 11 is 0. The van der Waals surface area contributed by atoms with Gasteiger partial charge in [-0.15, -0.1) is 0 Å². The monoisotopic (exact) mass is 503 g/mol. The Morgan fingerprint density at radius 2 is 1.03 bits per heavy atom. The molecular weight excluding hydrogens is 458 g/mol. The van der Waals surface area contributed by atoms with Crippen LogP contribution in [0.2, 0.25) is 0 Å². The molecule has 0 bridgehead atoms. The van der Waals surface area contributed by atoms with E-state index in [4.69, 9.17) is 10.2 Å². The second-order valence-electron chi connectivity index (χ2n) is 9.66. The molecule has 1 rings (SSSR count). The Bertz CT molecular complexity index is 762. The number of benzene rings is 1. The highest BCUT2D eigenvalue weighted by molar-refractivity contribution is 5.77. The van der Waals surface area contributed by atoms with Crippen molar-refractivity contribution in [1.82, 2.24) is 4.90 Å². The number of amides is 1. The molecule has 0 aromatic heterocycles. The molecule has 0 radical (unpaired) electrons. The minimum absolute atomic E-state index is 0.0161. The fraction of sp³-hybridized carbons (Fsp3) is 0.655. The number of hydrogen-bond acceptors (Lipinski definition) is 4. The van der Waals surface area contributed by atoms with Crippen molar-refractivity contribution in [2.24, 2.45) is 0 Å². The number of hydrogen-bond donors (Lipinski definition) is 2. The van der Waals surface area contributed by atoms with Gasteiger partial charge in [0.05, 0.1) is 6.42 Å². The van der Waals surface area contributed by atoms with Crippen LogP contribution in [0.1, 0.15) is 125 Å². The molecule has 0 atom stereocenters. The molecule has 1 aromatic carbocycles. The van der Waals surface area contributed by atoms with Gasteiger partial charge in [0.15, 0.2) is 0 Å². The summed E-state index contributed by atoms with van der Waals surface area (Å²) in [6.45, 7) is 0.546. The van der Waals surface area contributed by atoms with E-state index in [0.29, 0.717) is 24.9 Å². The van der Waals surface area contributed by atoms with E-state index in [1.165, 1.54) is 51.4 Å². The number of aldehydes is 1. The number of unbranched alkanes of at least 4 members (excludes halogenated alkanes) is 13. The smallest absolute Gasteiger partial charge is 0.305 e. The Kier molecular flexibility index (Phi) is 17.8. The quantitative estimate of drug-likeness (QED) is 0.128. The lowest BCUT2D eigenvalue weighted by atomic mass is 10.0. The number of carboxylic acids is 2. The molecule has 0 saturated heterocycles. The standard InChI is InChI=1S/C29H45NO6/c31-24-26-19-17-25(18-20-26)23-30(22-21-29(35)36)27(32)15-13-11-9-7-5-3-1-2-4-6-8-10-12-14-16-28(33)34/h17-20,24H,1-16,21-23H2,(H,33,34)(H,35,36). The Labute approximate surface area is 216 Å². The van der Waals surface area contributed by atoms with Crippen LogP contribution in [-0.4, -0.2) is 45.8 Å². The van der Waals surface area contributed by atoms with E-state index in [2.05, 4.69) is 0 Å². The zero-order valence-corrected chi connectivity index (χ0v) is 21.8. The Hall–Kier alpha value is -2.70. The van der Waals surface area contributed by atoms with Crippen LogP contribution in [0.15, 0.2) is 24.3 Å². The molecule has 0 fully saturated rings. The first-order valence-electron chi connectivity index (χ1n) is 13.7. The normalized spacial score (nSPS) is 10.8. The van der Waals surface area contributed by atoms with Gasteiger partial charge >= 0.3 is 11.9 Å². The van der Waals surface area contributed by atoms with Crippen LogP contribution in [-0.2, 0) is 20.9 Å². The van der Waals surface area contributed by atoms with Crippen LogP contribution in [0.4, 0.5) is 0 Å². The molecule has 0 spiro atoms. The maximum atomic E-state index is 12.7. The van der Waals surface area contributed by atoms with Gasteiger partial charge in [0.2, 0.25) is 5.91 Å². The van der Waals surface area contributed by atoms with E-state index >= 15 is 0 Å². The van der Waals surface area contributed by atoms with Crippen LogP contribution >= 0.6 is 0 Å². The third-order valence-corrected chi connectivity index (χ3v) is 6.47. The number of carboxylic acid groups (broad SMARTS) is 2. The molecule has 0 unspecified atom stereocenters. The zero-order valence-electron chi connectivity index (χ0n) is 21.8. The highest BCUT2D eigenvalue weighted by atomic mass is 16.4. The lowest BCUT2D eigenvalue weighted by Gasteiger charge is -2.22. The number of nitrogens with zero attached hydrogens (tertiary/aromatic N) is 1. The highest BCUT2D eigenvalue weighted by Gasteiger charge is 2.15. The first-order chi connectivity index (χ1) is 17.4. The van der Waals surface area contributed by atoms with Crippen molar-refractivity contribution in [3.8, 4) is 0 Å². The van der Waals surface area contributed by atoms with Gasteiger partial charge < -0.3 is 15.1 Å². The average Bonchev–Trinajstić information content (AvgIpc) is 2.86. The van der Waals surface area contributed by atoms with Gasteiger partial charge in [-0.05, 0) is 18.4 Å². The van der Waals surface area contributed by atoms with Crippen LogP contribution in [0.25, 0.3) is 0 Å². The number of carbonyl (C=O) groups excluding carboxylic acids is 2. The molecule has 0 heterocycles. The number of carbonyl (C=O) groups is 4. The minimum Gasteiger partial charge on any atom is -0.481 e. The van der Waals surface area contributed by atoms with Crippen LogP contribution in [0.5, 0.6) is 0 Å². The second kappa shape index (κ2) is 20.5. The summed E-state index contributed by atoms with van der Waals surface area (Å²) < 4.78 is 0. The summed E-state index contributed by atoms with van der Waals surface area (Å²) in [5.74, 6) is -1.63. The molecule has 1 amide bonds. The summed E-state index contributed by atoms with van der Waals surface area (Å²) in [5.41, 5.74) is 1.46. The lowest BCUT2D eigenvalue weighted by Crippen LogP contribution is -2.32. The Morgan fingerprint density at radius 3 is 1.44 bits per heavy atom. The lowest BCUT2D eigenvalue weighted by molar-refractivity contribution is -0.139. The number of rotatable bonds is 23. The SMILES string of the molecule is O=Cc1ccc(CN(CCC(=O)O)C(=O)CCCCCCCCCCCCCCCCC(=O)O)cc1. The van der Waals surface area contributed by atoms with Crippen molar-refractivity contribution >= 4 is 24.1 Å². The minimum atomic E-state index is -0.919. The Morgan fingerprint density at radius 1 is 0.611 bits per heavy atom. The fourth-order valence-electron chi connectivity index (χ4n) is 4.28. The van der Waals surface area contributed by atoms with E-state index < -0.39 is 11.9 Å². The van der Waals surface area contributed by atoms with Crippen molar-refractivity contribution in [3.63, 3.8) is 0 Å². The third kappa shape index (κ3) is 16.8. The molecule has 1 aromatic rings. The second-order valence-corrected chi connectivity index (χ2v) is 9.66. The molecule has 36 heavy (non-hydrogen) atoms. The zero-order chi connectivity index (χ0) is 26.4. The van der Waals surface area contributed by atoms with E-state index in [1.807, 2.05) is 0 Å². The van der Waals surface area contributed by atoms with Crippen molar-refractivity contribution in [1.29, 1.82) is 0 Å². The van der Waals surface area contributed by atoms with Gasteiger partial charge in [-0.25, -0.2) is 0 Å². The van der Waals surface area contributed by atoms with Crippen molar-refractivity contribution < 1.29 is 29.4 Å². The van der Waals surface area contributed by atoms with Gasteiger partial charge in [-0.2, -0.15) is 0 Å². The molecule has 2 N–H and O–H groups in total. The van der Waals surface area contributed by atoms with Gasteiger partial charge in [-0.1, -0.05) is 101 Å². The van der Waals surface area contributed by atoms with E-state index in [9.17, 15) is 19.2 Å². The van der Waals surface area contributed by atoms with Gasteiger partial charge in [-0.3, -0.25) is 19.2 Å². The molecular formula is C29H45NO6. The predicted octanol–water partition coefficient (Wildman–Crippen LogP) is 6.63. The maximum Gasteiger partial charge on any atom is 0.305 e. The summed E-state index contributed by atoms with van der Waals surface area (Å²) in [6, 6.07) is 7.01. The topological polar surface area (TPSA) is 112 Å². The van der Waals surface area contributed by atoms with E-state index in [1.54, 1.807) is 29.2 Å². The summed E-state index contributed by atoms with van der Waals surface area (Å²) in [5, 5.41) is 17.6. The number of aliphatic carboxylic acids is 2. The third-order valence-electron chi connectivity index (χ3n) is 6.47. The first kappa shape index (κ1) is 31.3. The molecule has 0 aliphatic rings. The largest absolute Gasteiger partial charge is 0.481 e. The molecule has 0 aliphatic heterocycles. The first-order valence-corrected chi connectivity index (χ1v) is 13.7. The van der Waals surface area contributed by atoms with Crippen LogP contribution in [0.3, 0.4) is 0 Å². The summed E-state index contributed by atoms with van der Waals surface area (Å²) in [7, 11) is 0. The highest BCUT2D eigenvalue weighted by Crippen LogP contribution is 2.15. The molecule has 0 aliphatic carbocycles.